The number of ether oxygens (including phenoxy) is 1. The number of rotatable bonds is 7. The lowest BCUT2D eigenvalue weighted by Gasteiger charge is -2.34. The molecule has 0 unspecified atom stereocenters. The van der Waals surface area contributed by atoms with E-state index in [0.29, 0.717) is 18.8 Å². The van der Waals surface area contributed by atoms with E-state index >= 15 is 0 Å². The van der Waals surface area contributed by atoms with Gasteiger partial charge in [-0.25, -0.2) is 0 Å². The maximum absolute atomic E-state index is 12.3. The SMILES string of the molecule is Cl.O=C(COc1ccc([N+](=O)[O-])cc1)N1CCN(CCc2ccncc2)CC1. The number of nitro groups is 1. The Bertz CT molecular complexity index is 765. The molecule has 1 aliphatic heterocycles. The van der Waals surface area contributed by atoms with Crippen LogP contribution in [-0.2, 0) is 11.2 Å². The summed E-state index contributed by atoms with van der Waals surface area (Å²) in [7, 11) is 0. The zero-order valence-corrected chi connectivity index (χ0v) is 16.2. The van der Waals surface area contributed by atoms with Gasteiger partial charge >= 0.3 is 0 Å². The van der Waals surface area contributed by atoms with Gasteiger partial charge in [-0.1, -0.05) is 0 Å². The third-order valence-electron chi connectivity index (χ3n) is 4.60. The molecule has 0 spiro atoms. The van der Waals surface area contributed by atoms with Crippen molar-refractivity contribution in [3.8, 4) is 5.75 Å². The molecule has 2 aromatic rings. The summed E-state index contributed by atoms with van der Waals surface area (Å²) in [6, 6.07) is 9.78. The number of aromatic nitrogens is 1. The second-order valence-electron chi connectivity index (χ2n) is 6.37. The number of pyridine rings is 1. The second kappa shape index (κ2) is 10.6. The van der Waals surface area contributed by atoms with E-state index < -0.39 is 4.92 Å². The molecule has 1 aromatic carbocycles. The number of halogens is 1. The van der Waals surface area contributed by atoms with Crippen LogP contribution in [0.1, 0.15) is 5.56 Å². The molecule has 8 nitrogen and oxygen atoms in total. The molecule has 150 valence electrons. The van der Waals surface area contributed by atoms with Crippen molar-refractivity contribution >= 4 is 24.0 Å². The first-order chi connectivity index (χ1) is 13.1. The van der Waals surface area contributed by atoms with Crippen LogP contribution < -0.4 is 4.74 Å². The Morgan fingerprint density at radius 1 is 1.07 bits per heavy atom. The summed E-state index contributed by atoms with van der Waals surface area (Å²) in [5.74, 6) is 0.382. The van der Waals surface area contributed by atoms with Crippen LogP contribution in [-0.4, -0.2) is 64.9 Å². The van der Waals surface area contributed by atoms with E-state index in [0.717, 1.165) is 26.1 Å². The average Bonchev–Trinajstić information content (AvgIpc) is 2.72. The molecule has 0 aliphatic carbocycles. The van der Waals surface area contributed by atoms with E-state index in [-0.39, 0.29) is 30.6 Å². The van der Waals surface area contributed by atoms with Gasteiger partial charge in [0.05, 0.1) is 4.92 Å². The number of piperazine rings is 1. The van der Waals surface area contributed by atoms with Crippen molar-refractivity contribution < 1.29 is 14.5 Å². The number of nitro benzene ring substituents is 1. The molecule has 1 saturated heterocycles. The van der Waals surface area contributed by atoms with E-state index in [1.807, 2.05) is 12.1 Å². The molecule has 0 N–H and O–H groups in total. The van der Waals surface area contributed by atoms with Gasteiger partial charge in [0.25, 0.3) is 11.6 Å². The predicted molar refractivity (Wildman–Crippen MR) is 107 cm³/mol. The molecule has 0 atom stereocenters. The van der Waals surface area contributed by atoms with Crippen molar-refractivity contribution in [1.29, 1.82) is 0 Å². The fourth-order valence-corrected chi connectivity index (χ4v) is 2.96. The van der Waals surface area contributed by atoms with E-state index in [1.165, 1.54) is 29.8 Å². The van der Waals surface area contributed by atoms with Gasteiger partial charge in [0.15, 0.2) is 6.61 Å². The van der Waals surface area contributed by atoms with Crippen LogP contribution in [0.5, 0.6) is 5.75 Å². The number of amides is 1. The fourth-order valence-electron chi connectivity index (χ4n) is 2.96. The average molecular weight is 407 g/mol. The van der Waals surface area contributed by atoms with Crippen molar-refractivity contribution in [3.63, 3.8) is 0 Å². The molecule has 1 aliphatic rings. The molecule has 28 heavy (non-hydrogen) atoms. The number of nitrogens with zero attached hydrogens (tertiary/aromatic N) is 4. The Kier molecular flexibility index (Phi) is 8.16. The number of carbonyl (C=O) groups excluding carboxylic acids is 1. The zero-order valence-electron chi connectivity index (χ0n) is 15.4. The van der Waals surface area contributed by atoms with Gasteiger partial charge in [-0.3, -0.25) is 24.8 Å². The van der Waals surface area contributed by atoms with Crippen LogP contribution in [0.25, 0.3) is 0 Å². The largest absolute Gasteiger partial charge is 0.484 e. The Balaban J connectivity index is 0.00000280. The highest BCUT2D eigenvalue weighted by Gasteiger charge is 2.21. The maximum atomic E-state index is 12.3. The Labute approximate surface area is 169 Å². The van der Waals surface area contributed by atoms with Crippen LogP contribution in [0.15, 0.2) is 48.8 Å². The van der Waals surface area contributed by atoms with Gasteiger partial charge < -0.3 is 9.64 Å². The highest BCUT2D eigenvalue weighted by atomic mass is 35.5. The highest BCUT2D eigenvalue weighted by molar-refractivity contribution is 5.85. The van der Waals surface area contributed by atoms with Gasteiger partial charge in [0.2, 0.25) is 0 Å². The summed E-state index contributed by atoms with van der Waals surface area (Å²) in [5, 5.41) is 10.6. The van der Waals surface area contributed by atoms with Crippen molar-refractivity contribution in [2.45, 2.75) is 6.42 Å². The van der Waals surface area contributed by atoms with Gasteiger partial charge in [-0.05, 0) is 36.2 Å². The Morgan fingerprint density at radius 3 is 2.32 bits per heavy atom. The lowest BCUT2D eigenvalue weighted by molar-refractivity contribution is -0.384. The number of hydrogen-bond donors (Lipinski definition) is 0. The van der Waals surface area contributed by atoms with Crippen molar-refractivity contribution in [1.82, 2.24) is 14.8 Å². The summed E-state index contributed by atoms with van der Waals surface area (Å²) >= 11 is 0. The summed E-state index contributed by atoms with van der Waals surface area (Å²) in [6.45, 7) is 3.94. The number of non-ortho nitro benzene ring substituents is 1. The molecule has 0 radical (unpaired) electrons. The second-order valence-corrected chi connectivity index (χ2v) is 6.37. The predicted octanol–water partition coefficient (Wildman–Crippen LogP) is 2.18. The lowest BCUT2D eigenvalue weighted by atomic mass is 10.2. The topological polar surface area (TPSA) is 88.8 Å². The van der Waals surface area contributed by atoms with Gasteiger partial charge in [0.1, 0.15) is 5.75 Å². The standard InChI is InChI=1S/C19H22N4O4.ClH/c24-19(15-27-18-3-1-17(2-4-18)23(25)26)22-13-11-21(12-14-22)10-7-16-5-8-20-9-6-16;/h1-6,8-9H,7,10-15H2;1H. The molecule has 0 saturated carbocycles. The van der Waals surface area contributed by atoms with Gasteiger partial charge in [0, 0.05) is 57.3 Å². The molecule has 3 rings (SSSR count). The number of carbonyl (C=O) groups is 1. The zero-order chi connectivity index (χ0) is 19.1. The molecule has 2 heterocycles. The molecule has 1 aromatic heterocycles. The van der Waals surface area contributed by atoms with Crippen LogP contribution >= 0.6 is 12.4 Å². The molecule has 0 bridgehead atoms. The Morgan fingerprint density at radius 2 is 1.71 bits per heavy atom. The number of hydrogen-bond acceptors (Lipinski definition) is 6. The summed E-state index contributed by atoms with van der Waals surface area (Å²) in [6.07, 6.45) is 4.58. The molecule has 9 heteroatoms. The van der Waals surface area contributed by atoms with Crippen LogP contribution in [0.4, 0.5) is 5.69 Å². The van der Waals surface area contributed by atoms with Gasteiger partial charge in [-0.15, -0.1) is 12.4 Å². The lowest BCUT2D eigenvalue weighted by Crippen LogP contribution is -2.50. The van der Waals surface area contributed by atoms with Crippen molar-refractivity contribution in [3.05, 3.63) is 64.5 Å². The fraction of sp³-hybridized carbons (Fsp3) is 0.368. The minimum atomic E-state index is -0.469. The van der Waals surface area contributed by atoms with Crippen LogP contribution in [0.3, 0.4) is 0 Å². The number of benzene rings is 1. The van der Waals surface area contributed by atoms with Crippen molar-refractivity contribution in [2.75, 3.05) is 39.3 Å². The smallest absolute Gasteiger partial charge is 0.269 e. The monoisotopic (exact) mass is 406 g/mol. The molecule has 1 amide bonds. The van der Waals surface area contributed by atoms with E-state index in [9.17, 15) is 14.9 Å². The molecule has 1 fully saturated rings. The third kappa shape index (κ3) is 6.17. The minimum absolute atomic E-state index is 0. The third-order valence-corrected chi connectivity index (χ3v) is 4.60. The summed E-state index contributed by atoms with van der Waals surface area (Å²) in [5.41, 5.74) is 1.26. The highest BCUT2D eigenvalue weighted by Crippen LogP contribution is 2.17. The quantitative estimate of drug-likeness (QED) is 0.517. The van der Waals surface area contributed by atoms with E-state index in [4.69, 9.17) is 4.74 Å². The van der Waals surface area contributed by atoms with Crippen LogP contribution in [0, 0.1) is 10.1 Å². The minimum Gasteiger partial charge on any atom is -0.484 e. The molecular weight excluding hydrogens is 384 g/mol. The van der Waals surface area contributed by atoms with Crippen LogP contribution in [0.2, 0.25) is 0 Å². The summed E-state index contributed by atoms with van der Waals surface area (Å²) < 4.78 is 5.45. The first-order valence-electron chi connectivity index (χ1n) is 8.88. The first-order valence-corrected chi connectivity index (χ1v) is 8.88. The maximum Gasteiger partial charge on any atom is 0.269 e. The van der Waals surface area contributed by atoms with Gasteiger partial charge in [-0.2, -0.15) is 0 Å². The van der Waals surface area contributed by atoms with Crippen molar-refractivity contribution in [2.24, 2.45) is 0 Å². The van der Waals surface area contributed by atoms with E-state index in [2.05, 4.69) is 9.88 Å². The Hall–Kier alpha value is -2.71. The van der Waals surface area contributed by atoms with E-state index in [1.54, 1.807) is 17.3 Å². The summed E-state index contributed by atoms with van der Waals surface area (Å²) in [4.78, 5) is 30.6. The normalized spacial score (nSPS) is 14.2. The molecular formula is C19H23ClN4O4. The first kappa shape index (κ1) is 21.6.